The number of hydrogen-bond acceptors (Lipinski definition) is 6. The highest BCUT2D eigenvalue weighted by molar-refractivity contribution is 5.95. The molecule has 0 bridgehead atoms. The maximum absolute atomic E-state index is 12.4. The number of hydrogen-bond donors (Lipinski definition) is 3. The van der Waals surface area contributed by atoms with Gasteiger partial charge in [0.05, 0.1) is 24.2 Å². The lowest BCUT2D eigenvalue weighted by atomic mass is 9.82. The van der Waals surface area contributed by atoms with Crippen molar-refractivity contribution < 1.29 is 29.0 Å². The first-order valence-corrected chi connectivity index (χ1v) is 13.2. The van der Waals surface area contributed by atoms with Gasteiger partial charge in [0, 0.05) is 24.2 Å². The van der Waals surface area contributed by atoms with Crippen LogP contribution < -0.4 is 20.1 Å². The summed E-state index contributed by atoms with van der Waals surface area (Å²) in [5, 5.41) is 23.5. The molecule has 3 aromatic rings. The van der Waals surface area contributed by atoms with Crippen LogP contribution in [0.4, 0.5) is 0 Å². The molecule has 1 aliphatic carbocycles. The number of carboxylic acids is 1. The Morgan fingerprint density at radius 1 is 0.750 bits per heavy atom. The number of benzene rings is 3. The summed E-state index contributed by atoms with van der Waals surface area (Å²) < 4.78 is 11.6. The molecule has 3 aromatic carbocycles. The molecule has 0 unspecified atom stereocenters. The van der Waals surface area contributed by atoms with Crippen molar-refractivity contribution in [3.63, 3.8) is 0 Å². The quantitative estimate of drug-likeness (QED) is 0.297. The van der Waals surface area contributed by atoms with Crippen molar-refractivity contribution in [3.8, 4) is 23.3 Å². The molecule has 0 radical (unpaired) electrons. The number of rotatable bonds is 11. The summed E-state index contributed by atoms with van der Waals surface area (Å²) in [7, 11) is 0. The lowest BCUT2D eigenvalue weighted by Crippen LogP contribution is -2.34. The van der Waals surface area contributed by atoms with Crippen molar-refractivity contribution in [3.05, 3.63) is 89.5 Å². The fourth-order valence-corrected chi connectivity index (χ4v) is 4.46. The second-order valence-corrected chi connectivity index (χ2v) is 9.67. The Balaban J connectivity index is 1.14. The van der Waals surface area contributed by atoms with Gasteiger partial charge in [-0.05, 0) is 104 Å². The maximum Gasteiger partial charge on any atom is 0.306 e. The largest absolute Gasteiger partial charge is 0.493 e. The Kier molecular flexibility index (Phi) is 9.72. The first-order chi connectivity index (χ1) is 19.4. The van der Waals surface area contributed by atoms with Gasteiger partial charge in [-0.15, -0.1) is 0 Å². The Hall–Kier alpha value is -4.84. The molecule has 0 aliphatic heterocycles. The minimum Gasteiger partial charge on any atom is -0.493 e. The number of carboxylic acid groups (broad SMARTS) is 1. The highest BCUT2D eigenvalue weighted by Gasteiger charge is 2.26. The molecule has 0 atom stereocenters. The summed E-state index contributed by atoms with van der Waals surface area (Å²) in [4.78, 5) is 35.9. The first-order valence-electron chi connectivity index (χ1n) is 13.2. The SMILES string of the molecule is N#Cc1ccc(Oc2ccc(C(=O)NCCNC(=O)c3ccc(OCC4CCC(C(=O)O)CC4)cc3)cc2)cc1. The van der Waals surface area contributed by atoms with Crippen molar-refractivity contribution in [2.75, 3.05) is 19.7 Å². The van der Waals surface area contributed by atoms with E-state index < -0.39 is 5.97 Å². The van der Waals surface area contributed by atoms with Crippen LogP contribution in [0.2, 0.25) is 0 Å². The number of carbonyl (C=O) groups is 3. The topological polar surface area (TPSA) is 138 Å². The van der Waals surface area contributed by atoms with E-state index in [4.69, 9.17) is 19.8 Å². The second-order valence-electron chi connectivity index (χ2n) is 9.67. The van der Waals surface area contributed by atoms with Crippen LogP contribution in [0.1, 0.15) is 52.0 Å². The van der Waals surface area contributed by atoms with Crippen LogP contribution in [-0.2, 0) is 4.79 Å². The Morgan fingerprint density at radius 3 is 1.70 bits per heavy atom. The van der Waals surface area contributed by atoms with Gasteiger partial charge in [-0.2, -0.15) is 5.26 Å². The van der Waals surface area contributed by atoms with Crippen molar-refractivity contribution in [2.45, 2.75) is 25.7 Å². The average molecular weight is 542 g/mol. The first kappa shape index (κ1) is 28.2. The van der Waals surface area contributed by atoms with Crippen LogP contribution >= 0.6 is 0 Å². The summed E-state index contributed by atoms with van der Waals surface area (Å²) in [5.74, 6) is 0.684. The van der Waals surface area contributed by atoms with E-state index in [0.29, 0.717) is 59.3 Å². The van der Waals surface area contributed by atoms with E-state index in [1.54, 1.807) is 72.8 Å². The molecule has 1 aliphatic rings. The van der Waals surface area contributed by atoms with Crippen LogP contribution in [-0.4, -0.2) is 42.6 Å². The zero-order valence-electron chi connectivity index (χ0n) is 22.0. The van der Waals surface area contributed by atoms with Gasteiger partial charge in [0.2, 0.25) is 0 Å². The number of amides is 2. The third-order valence-corrected chi connectivity index (χ3v) is 6.83. The number of nitrogens with one attached hydrogen (secondary N) is 2. The number of nitriles is 1. The molecule has 2 amide bonds. The summed E-state index contributed by atoms with van der Waals surface area (Å²) in [6.45, 7) is 1.06. The van der Waals surface area contributed by atoms with Crippen molar-refractivity contribution >= 4 is 17.8 Å². The lowest BCUT2D eigenvalue weighted by Gasteiger charge is -2.25. The third-order valence-electron chi connectivity index (χ3n) is 6.83. The predicted octanol–water partition coefficient (Wildman–Crippen LogP) is 4.78. The molecular weight excluding hydrogens is 510 g/mol. The summed E-state index contributed by atoms with van der Waals surface area (Å²) in [6.07, 6.45) is 3.05. The van der Waals surface area contributed by atoms with Gasteiger partial charge in [-0.25, -0.2) is 0 Å². The van der Waals surface area contributed by atoms with Crippen LogP contribution in [0, 0.1) is 23.2 Å². The van der Waals surface area contributed by atoms with Gasteiger partial charge >= 0.3 is 5.97 Å². The summed E-state index contributed by atoms with van der Waals surface area (Å²) in [6, 6.07) is 22.3. The molecule has 9 heteroatoms. The standard InChI is InChI=1S/C31H31N3O6/c32-19-21-3-11-27(12-4-21)40-28-15-9-24(10-16-28)30(36)34-18-17-33-29(35)23-7-13-26(14-8-23)39-20-22-1-5-25(6-2-22)31(37)38/h3-4,7-16,22,25H,1-2,5-6,17-18,20H2,(H,33,35)(H,34,36)(H,37,38). The maximum atomic E-state index is 12.4. The van der Waals surface area contributed by atoms with Gasteiger partial charge in [-0.3, -0.25) is 14.4 Å². The van der Waals surface area contributed by atoms with E-state index in [2.05, 4.69) is 16.7 Å². The molecule has 0 aromatic heterocycles. The van der Waals surface area contributed by atoms with E-state index >= 15 is 0 Å². The average Bonchev–Trinajstić information content (AvgIpc) is 2.99. The molecule has 9 nitrogen and oxygen atoms in total. The van der Waals surface area contributed by atoms with E-state index in [1.165, 1.54) is 0 Å². The second kappa shape index (κ2) is 13.8. The summed E-state index contributed by atoms with van der Waals surface area (Å²) in [5.41, 5.74) is 1.49. The van der Waals surface area contributed by atoms with Gasteiger partial charge in [0.25, 0.3) is 11.8 Å². The fraction of sp³-hybridized carbons (Fsp3) is 0.290. The van der Waals surface area contributed by atoms with Crippen LogP contribution in [0.25, 0.3) is 0 Å². The third kappa shape index (κ3) is 8.08. The molecule has 1 saturated carbocycles. The highest BCUT2D eigenvalue weighted by atomic mass is 16.5. The van der Waals surface area contributed by atoms with Crippen molar-refractivity contribution in [2.24, 2.45) is 11.8 Å². The molecule has 40 heavy (non-hydrogen) atoms. The van der Waals surface area contributed by atoms with Gasteiger partial charge < -0.3 is 25.2 Å². The van der Waals surface area contributed by atoms with Crippen LogP contribution in [0.5, 0.6) is 17.2 Å². The van der Waals surface area contributed by atoms with Gasteiger partial charge in [0.1, 0.15) is 17.2 Å². The normalized spacial score (nSPS) is 16.3. The lowest BCUT2D eigenvalue weighted by molar-refractivity contribution is -0.143. The molecule has 3 N–H and O–H groups in total. The molecule has 0 saturated heterocycles. The number of ether oxygens (including phenoxy) is 2. The van der Waals surface area contributed by atoms with Gasteiger partial charge in [-0.1, -0.05) is 0 Å². The Bertz CT molecular complexity index is 1340. The smallest absolute Gasteiger partial charge is 0.306 e. The zero-order chi connectivity index (χ0) is 28.3. The number of carbonyl (C=O) groups excluding carboxylic acids is 2. The Labute approximate surface area is 232 Å². The molecule has 1 fully saturated rings. The number of nitrogens with zero attached hydrogens (tertiary/aromatic N) is 1. The fourth-order valence-electron chi connectivity index (χ4n) is 4.46. The minimum absolute atomic E-state index is 0.240. The van der Waals surface area contributed by atoms with E-state index in [1.807, 2.05) is 0 Å². The van der Waals surface area contributed by atoms with E-state index in [-0.39, 0.29) is 30.8 Å². The monoisotopic (exact) mass is 541 g/mol. The molecular formula is C31H31N3O6. The number of aliphatic carboxylic acids is 1. The van der Waals surface area contributed by atoms with Crippen molar-refractivity contribution in [1.82, 2.24) is 10.6 Å². The van der Waals surface area contributed by atoms with Crippen molar-refractivity contribution in [1.29, 1.82) is 5.26 Å². The summed E-state index contributed by atoms with van der Waals surface area (Å²) >= 11 is 0. The Morgan fingerprint density at radius 2 is 1.23 bits per heavy atom. The highest BCUT2D eigenvalue weighted by Crippen LogP contribution is 2.29. The molecule has 4 rings (SSSR count). The van der Waals surface area contributed by atoms with E-state index in [9.17, 15) is 14.4 Å². The predicted molar refractivity (Wildman–Crippen MR) is 147 cm³/mol. The molecule has 0 heterocycles. The van der Waals surface area contributed by atoms with Crippen LogP contribution in [0.3, 0.4) is 0 Å². The molecule has 206 valence electrons. The van der Waals surface area contributed by atoms with Crippen LogP contribution in [0.15, 0.2) is 72.8 Å². The van der Waals surface area contributed by atoms with E-state index in [0.717, 1.165) is 12.8 Å². The zero-order valence-corrected chi connectivity index (χ0v) is 22.0. The molecule has 0 spiro atoms. The van der Waals surface area contributed by atoms with Gasteiger partial charge in [0.15, 0.2) is 0 Å². The minimum atomic E-state index is -0.714.